The normalized spacial score (nSPS) is 15.6. The summed E-state index contributed by atoms with van der Waals surface area (Å²) in [5.41, 5.74) is 1.33. The summed E-state index contributed by atoms with van der Waals surface area (Å²) in [6.07, 6.45) is -2.12. The Bertz CT molecular complexity index is 738. The second-order valence-corrected chi connectivity index (χ2v) is 7.31. The Hall–Kier alpha value is -2.21. The van der Waals surface area contributed by atoms with Gasteiger partial charge in [-0.2, -0.15) is 13.2 Å². The molecule has 0 radical (unpaired) electrons. The third-order valence-electron chi connectivity index (χ3n) is 5.15. The molecule has 0 atom stereocenters. The van der Waals surface area contributed by atoms with Crippen molar-refractivity contribution in [1.29, 1.82) is 0 Å². The summed E-state index contributed by atoms with van der Waals surface area (Å²) in [5, 5.41) is 0. The summed E-state index contributed by atoms with van der Waals surface area (Å²) >= 11 is 0. The monoisotopic (exact) mass is 393 g/mol. The van der Waals surface area contributed by atoms with E-state index in [4.69, 9.17) is 4.74 Å². The van der Waals surface area contributed by atoms with Gasteiger partial charge in [-0.25, -0.2) is 0 Å². The van der Waals surface area contributed by atoms with Crippen molar-refractivity contribution < 1.29 is 22.8 Å². The number of nitrogens with one attached hydrogen (secondary N) is 1. The Morgan fingerprint density at radius 3 is 2.39 bits per heavy atom. The van der Waals surface area contributed by atoms with E-state index in [9.17, 15) is 13.2 Å². The zero-order valence-electron chi connectivity index (χ0n) is 16.3. The minimum absolute atomic E-state index is 0.582. The van der Waals surface area contributed by atoms with Crippen LogP contribution in [0.1, 0.15) is 30.9 Å². The first-order valence-corrected chi connectivity index (χ1v) is 9.93. The van der Waals surface area contributed by atoms with Crippen molar-refractivity contribution in [3.8, 4) is 5.75 Å². The van der Waals surface area contributed by atoms with E-state index < -0.39 is 11.7 Å². The van der Waals surface area contributed by atoms with Crippen LogP contribution in [0.25, 0.3) is 0 Å². The Kier molecular flexibility index (Phi) is 6.83. The van der Waals surface area contributed by atoms with E-state index in [2.05, 4.69) is 19.1 Å². The highest BCUT2D eigenvalue weighted by atomic mass is 19.4. The quantitative estimate of drug-likeness (QED) is 0.721. The molecule has 0 bridgehead atoms. The maximum Gasteiger partial charge on any atom is 0.416 e. The molecule has 2 aromatic carbocycles. The first-order valence-electron chi connectivity index (χ1n) is 9.93. The molecule has 0 spiro atoms. The molecule has 152 valence electrons. The van der Waals surface area contributed by atoms with Crippen molar-refractivity contribution >= 4 is 5.69 Å². The van der Waals surface area contributed by atoms with Crippen molar-refractivity contribution in [1.82, 2.24) is 0 Å². The number of piperazine rings is 1. The Morgan fingerprint density at radius 1 is 1.04 bits per heavy atom. The van der Waals surface area contributed by atoms with Crippen molar-refractivity contribution in [3.05, 3.63) is 59.7 Å². The molecule has 0 aliphatic carbocycles. The van der Waals surface area contributed by atoms with E-state index in [1.165, 1.54) is 22.6 Å². The smallest absolute Gasteiger partial charge is 0.416 e. The van der Waals surface area contributed by atoms with Crippen molar-refractivity contribution in [2.24, 2.45) is 0 Å². The predicted molar refractivity (Wildman–Crippen MR) is 105 cm³/mol. The summed E-state index contributed by atoms with van der Waals surface area (Å²) in [7, 11) is 0. The largest absolute Gasteiger partial charge is 0.494 e. The zero-order valence-corrected chi connectivity index (χ0v) is 16.3. The van der Waals surface area contributed by atoms with E-state index in [0.29, 0.717) is 5.69 Å². The number of hydrogen-bond acceptors (Lipinski definition) is 2. The first kappa shape index (κ1) is 20.5. The molecule has 28 heavy (non-hydrogen) atoms. The summed E-state index contributed by atoms with van der Waals surface area (Å²) in [4.78, 5) is 3.49. The van der Waals surface area contributed by atoms with E-state index in [-0.39, 0.29) is 0 Å². The number of rotatable bonds is 7. The predicted octanol–water partition coefficient (Wildman–Crippen LogP) is 3.79. The molecule has 1 saturated heterocycles. The molecule has 0 saturated carbocycles. The number of halogens is 3. The van der Waals surface area contributed by atoms with Gasteiger partial charge in [0.25, 0.3) is 0 Å². The van der Waals surface area contributed by atoms with Crippen LogP contribution in [0.15, 0.2) is 48.5 Å². The molecule has 1 heterocycles. The van der Waals surface area contributed by atoms with E-state index in [1.54, 1.807) is 6.07 Å². The fourth-order valence-electron chi connectivity index (χ4n) is 3.46. The zero-order chi connectivity index (χ0) is 20.0. The van der Waals surface area contributed by atoms with Gasteiger partial charge in [-0.05, 0) is 48.9 Å². The van der Waals surface area contributed by atoms with Gasteiger partial charge in [-0.1, -0.05) is 19.4 Å². The molecular formula is C22H28F3N2O+. The molecular weight excluding hydrogens is 365 g/mol. The topological polar surface area (TPSA) is 16.9 Å². The third-order valence-corrected chi connectivity index (χ3v) is 5.15. The van der Waals surface area contributed by atoms with Crippen LogP contribution >= 0.6 is 0 Å². The molecule has 2 aromatic rings. The lowest BCUT2D eigenvalue weighted by atomic mass is 10.1. The second-order valence-electron chi connectivity index (χ2n) is 7.31. The first-order chi connectivity index (χ1) is 13.5. The van der Waals surface area contributed by atoms with Gasteiger partial charge in [0.1, 0.15) is 12.3 Å². The second kappa shape index (κ2) is 9.32. The lowest BCUT2D eigenvalue weighted by molar-refractivity contribution is -0.914. The molecule has 1 aliphatic heterocycles. The highest BCUT2D eigenvalue weighted by Crippen LogP contribution is 2.31. The van der Waals surface area contributed by atoms with Crippen molar-refractivity contribution in [3.63, 3.8) is 0 Å². The lowest BCUT2D eigenvalue weighted by Crippen LogP contribution is -3.13. The number of nitrogens with zero attached hydrogens (tertiary/aromatic N) is 1. The highest BCUT2D eigenvalue weighted by Gasteiger charge is 2.31. The number of unbranched alkanes of at least 4 members (excludes halogenated alkanes) is 1. The summed E-state index contributed by atoms with van der Waals surface area (Å²) in [5.74, 6) is 0.904. The molecule has 0 amide bonds. The molecule has 0 unspecified atom stereocenters. The number of anilines is 1. The van der Waals surface area contributed by atoms with E-state index in [0.717, 1.165) is 64.0 Å². The van der Waals surface area contributed by atoms with Crippen molar-refractivity contribution in [2.75, 3.05) is 37.7 Å². The Labute approximate surface area is 164 Å². The molecule has 3 nitrogen and oxygen atoms in total. The van der Waals surface area contributed by atoms with E-state index in [1.807, 2.05) is 17.0 Å². The van der Waals surface area contributed by atoms with Crippen molar-refractivity contribution in [2.45, 2.75) is 32.5 Å². The van der Waals surface area contributed by atoms with Gasteiger partial charge in [0.15, 0.2) is 0 Å². The lowest BCUT2D eigenvalue weighted by Gasteiger charge is -2.34. The maximum absolute atomic E-state index is 12.9. The standard InChI is InChI=1S/C22H27F3N2O/c1-2-3-15-28-21-9-7-18(8-10-21)17-26-11-13-27(14-12-26)20-6-4-5-19(16-20)22(23,24)25/h4-10,16H,2-3,11-15,17H2,1H3/p+1. The summed E-state index contributed by atoms with van der Waals surface area (Å²) in [6, 6.07) is 13.9. The fraction of sp³-hybridized carbons (Fsp3) is 0.455. The van der Waals surface area contributed by atoms with Crippen LogP contribution in [-0.4, -0.2) is 32.8 Å². The number of quaternary nitrogens is 1. The molecule has 1 N–H and O–H groups in total. The van der Waals surface area contributed by atoms with Crippen LogP contribution in [-0.2, 0) is 12.7 Å². The van der Waals surface area contributed by atoms with Crippen LogP contribution in [0.3, 0.4) is 0 Å². The summed E-state index contributed by atoms with van der Waals surface area (Å²) in [6.45, 7) is 7.14. The van der Waals surface area contributed by atoms with Gasteiger partial charge in [0.2, 0.25) is 0 Å². The van der Waals surface area contributed by atoms with Crippen LogP contribution in [0.2, 0.25) is 0 Å². The molecule has 1 aliphatic rings. The number of benzene rings is 2. The number of alkyl halides is 3. The minimum Gasteiger partial charge on any atom is -0.494 e. The fourth-order valence-corrected chi connectivity index (χ4v) is 3.46. The molecule has 6 heteroatoms. The van der Waals surface area contributed by atoms with Crippen LogP contribution in [0, 0.1) is 0 Å². The molecule has 3 rings (SSSR count). The van der Waals surface area contributed by atoms with Crippen LogP contribution in [0.5, 0.6) is 5.75 Å². The van der Waals surface area contributed by atoms with Crippen LogP contribution < -0.4 is 14.5 Å². The Morgan fingerprint density at radius 2 is 1.75 bits per heavy atom. The van der Waals surface area contributed by atoms with Gasteiger partial charge in [0, 0.05) is 11.3 Å². The average Bonchev–Trinajstić information content (AvgIpc) is 2.70. The van der Waals surface area contributed by atoms with Gasteiger partial charge >= 0.3 is 6.18 Å². The SMILES string of the molecule is CCCCOc1ccc(C[NH+]2CCN(c3cccc(C(F)(F)F)c3)CC2)cc1. The third kappa shape index (κ3) is 5.64. The number of ether oxygens (including phenoxy) is 1. The Balaban J connectivity index is 1.50. The summed E-state index contributed by atoms with van der Waals surface area (Å²) < 4.78 is 44.5. The molecule has 0 aromatic heterocycles. The van der Waals surface area contributed by atoms with Gasteiger partial charge in [-0.15, -0.1) is 0 Å². The van der Waals surface area contributed by atoms with Crippen LogP contribution in [0.4, 0.5) is 18.9 Å². The minimum atomic E-state index is -4.30. The highest BCUT2D eigenvalue weighted by molar-refractivity contribution is 5.49. The average molecular weight is 393 g/mol. The molecule has 1 fully saturated rings. The van der Waals surface area contributed by atoms with Gasteiger partial charge < -0.3 is 14.5 Å². The van der Waals surface area contributed by atoms with Gasteiger partial charge in [0.05, 0.1) is 38.3 Å². The van der Waals surface area contributed by atoms with Gasteiger partial charge in [-0.3, -0.25) is 0 Å². The van der Waals surface area contributed by atoms with E-state index >= 15 is 0 Å². The maximum atomic E-state index is 12.9. The number of hydrogen-bond donors (Lipinski definition) is 1.